The van der Waals surface area contributed by atoms with Crippen molar-refractivity contribution in [1.29, 1.82) is 5.41 Å². The molecule has 6 N–H and O–H groups in total. The molecule has 2 amide bonds. The molecule has 3 rings (SSSR count). The number of aliphatic hydroxyl groups is 1. The summed E-state index contributed by atoms with van der Waals surface area (Å²) in [6, 6.07) is 12.2. The zero-order valence-corrected chi connectivity index (χ0v) is 17.9. The van der Waals surface area contributed by atoms with Crippen LogP contribution in [0.15, 0.2) is 48.5 Å². The lowest BCUT2D eigenvalue weighted by Crippen LogP contribution is -2.55. The maximum Gasteiger partial charge on any atom is 0.259 e. The van der Waals surface area contributed by atoms with Crippen molar-refractivity contribution in [1.82, 2.24) is 0 Å². The Kier molecular flexibility index (Phi) is 6.77. The van der Waals surface area contributed by atoms with Gasteiger partial charge in [-0.3, -0.25) is 19.7 Å². The Morgan fingerprint density at radius 2 is 1.78 bits per heavy atom. The number of hydrogen-bond acceptors (Lipinski definition) is 7. The van der Waals surface area contributed by atoms with E-state index in [0.717, 1.165) is 6.26 Å². The van der Waals surface area contributed by atoms with E-state index in [-0.39, 0.29) is 19.0 Å². The minimum absolute atomic E-state index is 0.0946. The minimum Gasteiger partial charge on any atom is -0.384 e. The van der Waals surface area contributed by atoms with Crippen molar-refractivity contribution in [3.05, 3.63) is 54.1 Å². The molecule has 32 heavy (non-hydrogen) atoms. The molecule has 1 heterocycles. The van der Waals surface area contributed by atoms with Gasteiger partial charge in [-0.1, -0.05) is 0 Å². The summed E-state index contributed by atoms with van der Waals surface area (Å²) < 4.78 is 30.3. The first kappa shape index (κ1) is 23.2. The van der Waals surface area contributed by atoms with Crippen LogP contribution in [0.3, 0.4) is 0 Å². The predicted octanol–water partition coefficient (Wildman–Crippen LogP) is 0.0736. The Labute approximate surface area is 184 Å². The predicted molar refractivity (Wildman–Crippen MR) is 119 cm³/mol. The van der Waals surface area contributed by atoms with E-state index in [1.54, 1.807) is 12.1 Å². The second-order valence-corrected chi connectivity index (χ2v) is 8.88. The first-order valence-electron chi connectivity index (χ1n) is 9.49. The number of nitrogen functional groups attached to an aromatic ring is 1. The summed E-state index contributed by atoms with van der Waals surface area (Å²) in [6.45, 7) is 0.298. The van der Waals surface area contributed by atoms with Gasteiger partial charge in [0.1, 0.15) is 5.84 Å². The maximum atomic E-state index is 12.9. The Hall–Kier alpha value is -3.48. The molecule has 12 heteroatoms. The van der Waals surface area contributed by atoms with Crippen molar-refractivity contribution in [3.63, 3.8) is 0 Å². The van der Waals surface area contributed by atoms with Gasteiger partial charge in [-0.2, -0.15) is 0 Å². The van der Waals surface area contributed by atoms with Crippen LogP contribution in [0.25, 0.3) is 0 Å². The molecule has 1 unspecified atom stereocenters. The number of ether oxygens (including phenoxy) is 1. The molecule has 1 aliphatic rings. The van der Waals surface area contributed by atoms with E-state index in [9.17, 15) is 23.1 Å². The lowest BCUT2D eigenvalue weighted by molar-refractivity contribution is -0.150. The fourth-order valence-corrected chi connectivity index (χ4v) is 3.66. The molecule has 0 saturated carbocycles. The molecule has 0 aliphatic carbocycles. The van der Waals surface area contributed by atoms with Gasteiger partial charge in [-0.25, -0.2) is 8.42 Å². The van der Waals surface area contributed by atoms with Gasteiger partial charge in [0.2, 0.25) is 10.0 Å². The van der Waals surface area contributed by atoms with Crippen molar-refractivity contribution in [2.75, 3.05) is 34.3 Å². The topological polar surface area (TPSA) is 175 Å². The number of benzene rings is 2. The lowest BCUT2D eigenvalue weighted by atomic mass is 10.1. The number of carbonyl (C=O) groups excluding carboxylic acids is 2. The SMILES string of the molecule is CS(=O)(=O)Nc1ccc(N2CCO[C@H](C(O)C(=O)Nc3ccc(C(=N)N)cc3)C2=O)cc1. The smallest absolute Gasteiger partial charge is 0.259 e. The number of rotatable bonds is 7. The molecule has 170 valence electrons. The Bertz CT molecular complexity index is 1120. The summed E-state index contributed by atoms with van der Waals surface area (Å²) in [5, 5.41) is 20.3. The minimum atomic E-state index is -3.43. The van der Waals surface area contributed by atoms with Crippen LogP contribution in [0, 0.1) is 5.41 Å². The van der Waals surface area contributed by atoms with Crippen LogP contribution in [0.1, 0.15) is 5.56 Å². The van der Waals surface area contributed by atoms with E-state index in [1.807, 2.05) is 0 Å². The molecular weight excluding hydrogens is 438 g/mol. The number of morpholine rings is 1. The number of carbonyl (C=O) groups is 2. The Balaban J connectivity index is 1.68. The number of sulfonamides is 1. The van der Waals surface area contributed by atoms with Crippen molar-refractivity contribution < 1.29 is 27.9 Å². The average Bonchev–Trinajstić information content (AvgIpc) is 2.73. The van der Waals surface area contributed by atoms with Crippen LogP contribution < -0.4 is 20.7 Å². The van der Waals surface area contributed by atoms with Gasteiger partial charge in [0, 0.05) is 29.2 Å². The highest BCUT2D eigenvalue weighted by Crippen LogP contribution is 2.23. The van der Waals surface area contributed by atoms with E-state index in [4.69, 9.17) is 15.9 Å². The van der Waals surface area contributed by atoms with Crippen LogP contribution in [-0.4, -0.2) is 62.8 Å². The van der Waals surface area contributed by atoms with E-state index < -0.39 is 34.0 Å². The molecule has 11 nitrogen and oxygen atoms in total. The van der Waals surface area contributed by atoms with E-state index in [2.05, 4.69) is 10.0 Å². The van der Waals surface area contributed by atoms with Crippen LogP contribution in [0.4, 0.5) is 17.1 Å². The standard InChI is InChI=1S/C20H23N5O6S/c1-32(29,30)24-14-6-8-15(9-7-14)25-10-11-31-17(20(25)28)16(26)19(27)23-13-4-2-12(3-5-13)18(21)22/h2-9,16-17,24,26H,10-11H2,1H3,(H3,21,22)(H,23,27)/t16?,17-/m1/s1. The molecule has 2 aromatic rings. The molecular formula is C20H23N5O6S. The van der Waals surface area contributed by atoms with Gasteiger partial charge in [-0.05, 0) is 48.5 Å². The third-order valence-electron chi connectivity index (χ3n) is 4.62. The number of aliphatic hydroxyl groups excluding tert-OH is 1. The van der Waals surface area contributed by atoms with Crippen molar-refractivity contribution >= 4 is 44.7 Å². The van der Waals surface area contributed by atoms with Crippen molar-refractivity contribution in [3.8, 4) is 0 Å². The first-order chi connectivity index (χ1) is 15.0. The van der Waals surface area contributed by atoms with Crippen LogP contribution in [0.5, 0.6) is 0 Å². The second kappa shape index (κ2) is 9.34. The van der Waals surface area contributed by atoms with Crippen LogP contribution in [0.2, 0.25) is 0 Å². The van der Waals surface area contributed by atoms with Gasteiger partial charge in [0.05, 0.1) is 12.9 Å². The Morgan fingerprint density at radius 1 is 1.19 bits per heavy atom. The Morgan fingerprint density at radius 3 is 2.34 bits per heavy atom. The normalized spacial score (nSPS) is 17.5. The third kappa shape index (κ3) is 5.60. The summed E-state index contributed by atoms with van der Waals surface area (Å²) in [5.41, 5.74) is 7.02. The summed E-state index contributed by atoms with van der Waals surface area (Å²) in [5.74, 6) is -1.55. The zero-order chi connectivity index (χ0) is 23.5. The van der Waals surface area contributed by atoms with Gasteiger partial charge in [0.15, 0.2) is 12.2 Å². The van der Waals surface area contributed by atoms with Gasteiger partial charge in [-0.15, -0.1) is 0 Å². The number of amidine groups is 1. The number of nitrogens with zero attached hydrogens (tertiary/aromatic N) is 1. The van der Waals surface area contributed by atoms with Gasteiger partial charge < -0.3 is 25.8 Å². The average molecular weight is 462 g/mol. The fourth-order valence-electron chi connectivity index (χ4n) is 3.10. The van der Waals surface area contributed by atoms with Gasteiger partial charge in [0.25, 0.3) is 11.8 Å². The van der Waals surface area contributed by atoms with Crippen LogP contribution >= 0.6 is 0 Å². The summed E-state index contributed by atoms with van der Waals surface area (Å²) in [4.78, 5) is 26.7. The highest BCUT2D eigenvalue weighted by molar-refractivity contribution is 7.92. The van der Waals surface area contributed by atoms with Crippen molar-refractivity contribution in [2.45, 2.75) is 12.2 Å². The van der Waals surface area contributed by atoms with E-state index in [0.29, 0.717) is 22.6 Å². The lowest BCUT2D eigenvalue weighted by Gasteiger charge is -2.34. The monoisotopic (exact) mass is 461 g/mol. The molecule has 1 saturated heterocycles. The zero-order valence-electron chi connectivity index (χ0n) is 17.1. The second-order valence-electron chi connectivity index (χ2n) is 7.13. The number of nitrogens with one attached hydrogen (secondary N) is 3. The van der Waals surface area contributed by atoms with Crippen LogP contribution in [-0.2, 0) is 24.3 Å². The van der Waals surface area contributed by atoms with Gasteiger partial charge >= 0.3 is 0 Å². The maximum absolute atomic E-state index is 12.9. The molecule has 0 bridgehead atoms. The molecule has 0 aromatic heterocycles. The molecule has 0 spiro atoms. The number of nitrogens with two attached hydrogens (primary N) is 1. The molecule has 2 aromatic carbocycles. The quantitative estimate of drug-likeness (QED) is 0.286. The molecule has 0 radical (unpaired) electrons. The highest BCUT2D eigenvalue weighted by atomic mass is 32.2. The summed E-state index contributed by atoms with van der Waals surface area (Å²) in [6.07, 6.45) is -2.14. The van der Waals surface area contributed by atoms with Crippen molar-refractivity contribution in [2.24, 2.45) is 5.73 Å². The molecule has 1 aliphatic heterocycles. The molecule has 2 atom stereocenters. The number of amides is 2. The number of anilines is 3. The largest absolute Gasteiger partial charge is 0.384 e. The summed E-state index contributed by atoms with van der Waals surface area (Å²) in [7, 11) is -3.43. The van der Waals surface area contributed by atoms with E-state index in [1.165, 1.54) is 41.3 Å². The highest BCUT2D eigenvalue weighted by Gasteiger charge is 2.39. The summed E-state index contributed by atoms with van der Waals surface area (Å²) >= 11 is 0. The van der Waals surface area contributed by atoms with E-state index >= 15 is 0 Å². The fraction of sp³-hybridized carbons (Fsp3) is 0.250. The molecule has 1 fully saturated rings. The third-order valence-corrected chi connectivity index (χ3v) is 5.23. The first-order valence-corrected chi connectivity index (χ1v) is 11.4. The number of hydrogen-bond donors (Lipinski definition) is 5.